The van der Waals surface area contributed by atoms with Crippen LogP contribution in [0.2, 0.25) is 0 Å². The number of hydrogen-bond acceptors (Lipinski definition) is 6. The van der Waals surface area contributed by atoms with Crippen LogP contribution in [0.15, 0.2) is 46.0 Å². The van der Waals surface area contributed by atoms with Gasteiger partial charge in [0.25, 0.3) is 15.9 Å². The van der Waals surface area contributed by atoms with Gasteiger partial charge in [-0.2, -0.15) is 4.31 Å². The fourth-order valence-electron chi connectivity index (χ4n) is 4.18. The third-order valence-electron chi connectivity index (χ3n) is 6.31. The van der Waals surface area contributed by atoms with E-state index in [1.807, 2.05) is 29.2 Å². The number of benzene rings is 1. The molecule has 0 saturated carbocycles. The van der Waals surface area contributed by atoms with Crippen LogP contribution in [0.1, 0.15) is 22.8 Å². The predicted octanol–water partition coefficient (Wildman–Crippen LogP) is 1.60. The molecule has 0 unspecified atom stereocenters. The maximum absolute atomic E-state index is 12.8. The molecular weight excluding hydrogens is 460 g/mol. The van der Waals surface area contributed by atoms with Crippen LogP contribution in [0.3, 0.4) is 0 Å². The van der Waals surface area contributed by atoms with Crippen LogP contribution in [0.4, 0.5) is 0 Å². The minimum Gasteiger partial charge on any atom is -0.339 e. The third-order valence-corrected chi connectivity index (χ3v) is 9.58. The van der Waals surface area contributed by atoms with Gasteiger partial charge in [-0.05, 0) is 35.6 Å². The van der Waals surface area contributed by atoms with Crippen molar-refractivity contribution in [2.45, 2.75) is 17.6 Å². The number of aryl methyl sites for hydroxylation is 1. The van der Waals surface area contributed by atoms with Crippen LogP contribution in [0.25, 0.3) is 0 Å². The van der Waals surface area contributed by atoms with E-state index < -0.39 is 10.0 Å². The molecule has 33 heavy (non-hydrogen) atoms. The Labute approximate surface area is 199 Å². The number of piperazine rings is 2. The maximum Gasteiger partial charge on any atom is 0.253 e. The van der Waals surface area contributed by atoms with Crippen LogP contribution in [0, 0.1) is 0 Å². The van der Waals surface area contributed by atoms with Crippen molar-refractivity contribution < 1.29 is 18.0 Å². The van der Waals surface area contributed by atoms with E-state index in [-0.39, 0.29) is 11.8 Å². The normalized spacial score (nSPS) is 18.5. The zero-order chi connectivity index (χ0) is 23.4. The van der Waals surface area contributed by atoms with E-state index >= 15 is 0 Å². The number of nitrogens with zero attached hydrogens (tertiary/aromatic N) is 4. The van der Waals surface area contributed by atoms with E-state index in [1.165, 1.54) is 21.2 Å². The van der Waals surface area contributed by atoms with Crippen LogP contribution < -0.4 is 0 Å². The highest BCUT2D eigenvalue weighted by molar-refractivity contribution is 7.91. The lowest BCUT2D eigenvalue weighted by atomic mass is 10.1. The van der Waals surface area contributed by atoms with E-state index in [0.717, 1.165) is 6.42 Å². The average Bonchev–Trinajstić information content (AvgIpc) is 3.40. The maximum atomic E-state index is 12.8. The zero-order valence-electron chi connectivity index (χ0n) is 18.9. The van der Waals surface area contributed by atoms with Gasteiger partial charge in [0, 0.05) is 57.9 Å². The molecule has 4 rings (SSSR count). The van der Waals surface area contributed by atoms with Crippen LogP contribution in [-0.2, 0) is 21.2 Å². The summed E-state index contributed by atoms with van der Waals surface area (Å²) in [5, 5.41) is 1.75. The van der Waals surface area contributed by atoms with Gasteiger partial charge in [-0.15, -0.1) is 11.3 Å². The Hall–Kier alpha value is -2.27. The van der Waals surface area contributed by atoms with E-state index in [1.54, 1.807) is 22.4 Å². The molecule has 2 aromatic rings. The Morgan fingerprint density at radius 2 is 1.52 bits per heavy atom. The second kappa shape index (κ2) is 10.3. The Balaban J connectivity index is 1.23. The molecular formula is C23H30N4O4S2. The van der Waals surface area contributed by atoms with E-state index in [9.17, 15) is 18.0 Å². The van der Waals surface area contributed by atoms with Crippen molar-refractivity contribution in [2.75, 3.05) is 58.9 Å². The Kier molecular flexibility index (Phi) is 7.48. The minimum atomic E-state index is -3.47. The number of thiophene rings is 1. The van der Waals surface area contributed by atoms with Gasteiger partial charge in [0.15, 0.2) is 0 Å². The van der Waals surface area contributed by atoms with Gasteiger partial charge in [-0.3, -0.25) is 14.5 Å². The van der Waals surface area contributed by atoms with Gasteiger partial charge < -0.3 is 9.80 Å². The van der Waals surface area contributed by atoms with Crippen LogP contribution in [-0.4, -0.2) is 98.1 Å². The fraction of sp³-hybridized carbons (Fsp3) is 0.478. The summed E-state index contributed by atoms with van der Waals surface area (Å²) in [5.41, 5.74) is 1.91. The molecule has 8 nitrogen and oxygen atoms in total. The summed E-state index contributed by atoms with van der Waals surface area (Å²) in [5.74, 6) is 0.0461. The standard InChI is InChI=1S/C23H30N4O4S2/c1-2-19-5-7-20(8-6-19)23(29)26-11-9-24(10-12-26)18-21(28)25-13-15-27(16-14-25)33(30,31)22-4-3-17-32-22/h3-8,17H,2,9-16,18H2,1H3. The molecule has 1 aromatic heterocycles. The van der Waals surface area contributed by atoms with Crippen molar-refractivity contribution in [2.24, 2.45) is 0 Å². The molecule has 2 aliphatic rings. The molecule has 0 bridgehead atoms. The number of hydrogen-bond donors (Lipinski definition) is 0. The molecule has 2 amide bonds. The highest BCUT2D eigenvalue weighted by atomic mass is 32.2. The summed E-state index contributed by atoms with van der Waals surface area (Å²) in [6, 6.07) is 11.1. The lowest BCUT2D eigenvalue weighted by Gasteiger charge is -2.37. The summed E-state index contributed by atoms with van der Waals surface area (Å²) >= 11 is 1.21. The second-order valence-corrected chi connectivity index (χ2v) is 11.4. The van der Waals surface area contributed by atoms with Gasteiger partial charge >= 0.3 is 0 Å². The van der Waals surface area contributed by atoms with Crippen molar-refractivity contribution in [1.29, 1.82) is 0 Å². The molecule has 10 heteroatoms. The Morgan fingerprint density at radius 1 is 0.879 bits per heavy atom. The van der Waals surface area contributed by atoms with Gasteiger partial charge in [0.05, 0.1) is 6.54 Å². The topological polar surface area (TPSA) is 81.2 Å². The van der Waals surface area contributed by atoms with Crippen LogP contribution >= 0.6 is 11.3 Å². The van der Waals surface area contributed by atoms with Crippen molar-refractivity contribution in [1.82, 2.24) is 19.0 Å². The second-order valence-electron chi connectivity index (χ2n) is 8.34. The third kappa shape index (κ3) is 5.46. The molecule has 0 radical (unpaired) electrons. The lowest BCUT2D eigenvalue weighted by molar-refractivity contribution is -0.133. The molecule has 0 atom stereocenters. The SMILES string of the molecule is CCc1ccc(C(=O)N2CCN(CC(=O)N3CCN(S(=O)(=O)c4cccs4)CC3)CC2)cc1. The van der Waals surface area contributed by atoms with Crippen molar-refractivity contribution >= 4 is 33.2 Å². The summed E-state index contributed by atoms with van der Waals surface area (Å²) < 4.78 is 27.1. The average molecular weight is 491 g/mol. The van der Waals surface area contributed by atoms with E-state index in [2.05, 4.69) is 11.8 Å². The number of sulfonamides is 1. The first-order valence-corrected chi connectivity index (χ1v) is 13.6. The first-order chi connectivity index (χ1) is 15.9. The highest BCUT2D eigenvalue weighted by Crippen LogP contribution is 2.22. The largest absolute Gasteiger partial charge is 0.339 e. The van der Waals surface area contributed by atoms with Crippen molar-refractivity contribution in [3.8, 4) is 0 Å². The molecule has 178 valence electrons. The van der Waals surface area contributed by atoms with Gasteiger partial charge in [-0.25, -0.2) is 8.42 Å². The molecule has 3 heterocycles. The number of rotatable bonds is 6. The lowest BCUT2D eigenvalue weighted by Crippen LogP contribution is -2.55. The van der Waals surface area contributed by atoms with Gasteiger partial charge in [0.1, 0.15) is 4.21 Å². The zero-order valence-corrected chi connectivity index (χ0v) is 20.5. The molecule has 0 N–H and O–H groups in total. The minimum absolute atomic E-state index is 0.0121. The number of carbonyl (C=O) groups excluding carboxylic acids is 2. The molecule has 0 spiro atoms. The smallest absolute Gasteiger partial charge is 0.253 e. The summed E-state index contributed by atoms with van der Waals surface area (Å²) in [6.45, 7) is 6.29. The Bertz CT molecular complexity index is 1050. The summed E-state index contributed by atoms with van der Waals surface area (Å²) in [7, 11) is -3.47. The van der Waals surface area contributed by atoms with Gasteiger partial charge in [-0.1, -0.05) is 25.1 Å². The molecule has 2 fully saturated rings. The Morgan fingerprint density at radius 3 is 2.09 bits per heavy atom. The van der Waals surface area contributed by atoms with Crippen LogP contribution in [0.5, 0.6) is 0 Å². The van der Waals surface area contributed by atoms with Crippen molar-refractivity contribution in [3.63, 3.8) is 0 Å². The first kappa shape index (κ1) is 23.9. The monoisotopic (exact) mass is 490 g/mol. The van der Waals surface area contributed by atoms with Crippen molar-refractivity contribution in [3.05, 3.63) is 52.9 Å². The first-order valence-electron chi connectivity index (χ1n) is 11.3. The van der Waals surface area contributed by atoms with Gasteiger partial charge in [0.2, 0.25) is 5.91 Å². The molecule has 0 aliphatic carbocycles. The fourth-order valence-corrected chi connectivity index (χ4v) is 6.75. The molecule has 1 aromatic carbocycles. The molecule has 2 aliphatic heterocycles. The van der Waals surface area contributed by atoms with E-state index in [0.29, 0.717) is 68.7 Å². The quantitative estimate of drug-likeness (QED) is 0.615. The summed E-state index contributed by atoms with van der Waals surface area (Å²) in [4.78, 5) is 31.2. The highest BCUT2D eigenvalue weighted by Gasteiger charge is 2.31. The predicted molar refractivity (Wildman–Crippen MR) is 128 cm³/mol. The molecule has 2 saturated heterocycles. The summed E-state index contributed by atoms with van der Waals surface area (Å²) in [6.07, 6.45) is 0.945. The number of amides is 2. The number of carbonyl (C=O) groups is 2. The van der Waals surface area contributed by atoms with E-state index in [4.69, 9.17) is 0 Å².